The molecule has 3 unspecified atom stereocenters. The van der Waals surface area contributed by atoms with Gasteiger partial charge >= 0.3 is 12.3 Å². The zero-order valence-electron chi connectivity index (χ0n) is 21.9. The third-order valence-corrected chi connectivity index (χ3v) is 7.65. The van der Waals surface area contributed by atoms with E-state index < -0.39 is 17.9 Å². The summed E-state index contributed by atoms with van der Waals surface area (Å²) in [5.74, 6) is 2.52. The molecule has 0 aliphatic heterocycles. The maximum absolute atomic E-state index is 12.6. The maximum atomic E-state index is 12.6. The predicted molar refractivity (Wildman–Crippen MR) is 135 cm³/mol. The van der Waals surface area contributed by atoms with Crippen LogP contribution in [0, 0.1) is 17.8 Å². The first kappa shape index (κ1) is 26.6. The molecule has 190 valence electrons. The van der Waals surface area contributed by atoms with Gasteiger partial charge in [0.05, 0.1) is 7.11 Å². The summed E-state index contributed by atoms with van der Waals surface area (Å²) < 4.78 is 20.8. The predicted octanol–water partition coefficient (Wildman–Crippen LogP) is 7.52. The third-order valence-electron chi connectivity index (χ3n) is 7.65. The molecule has 0 amide bonds. The van der Waals surface area contributed by atoms with Crippen LogP contribution in [0.5, 0.6) is 11.5 Å². The van der Waals surface area contributed by atoms with Crippen LogP contribution in [0.4, 0.5) is 9.59 Å². The number of methoxy groups -OCH3 is 1. The van der Waals surface area contributed by atoms with Gasteiger partial charge in [0, 0.05) is 5.41 Å². The van der Waals surface area contributed by atoms with E-state index in [2.05, 4.69) is 32.4 Å². The summed E-state index contributed by atoms with van der Waals surface area (Å²) in [6, 6.07) is 14.7. The van der Waals surface area contributed by atoms with E-state index in [1.165, 1.54) is 7.11 Å². The molecule has 0 heterocycles. The van der Waals surface area contributed by atoms with Crippen LogP contribution >= 0.6 is 0 Å². The van der Waals surface area contributed by atoms with Crippen molar-refractivity contribution in [2.24, 2.45) is 17.8 Å². The van der Waals surface area contributed by atoms with Gasteiger partial charge in [0.1, 0.15) is 17.1 Å². The van der Waals surface area contributed by atoms with Crippen LogP contribution in [0.3, 0.4) is 0 Å². The molecule has 2 aromatic rings. The highest BCUT2D eigenvalue weighted by atomic mass is 16.7. The van der Waals surface area contributed by atoms with Crippen molar-refractivity contribution in [3.63, 3.8) is 0 Å². The van der Waals surface area contributed by atoms with Gasteiger partial charge in [-0.1, -0.05) is 58.4 Å². The molecule has 1 fully saturated rings. The normalized spacial score (nSPS) is 20.6. The van der Waals surface area contributed by atoms with Crippen LogP contribution in [-0.2, 0) is 14.9 Å². The molecule has 0 bridgehead atoms. The van der Waals surface area contributed by atoms with E-state index in [1.54, 1.807) is 24.3 Å². The molecule has 0 spiro atoms. The summed E-state index contributed by atoms with van der Waals surface area (Å²) in [5.41, 5.74) is 1.20. The van der Waals surface area contributed by atoms with Crippen LogP contribution in [0.25, 0.3) is 0 Å². The SMILES string of the molecule is COC(=O)Oc1ccc(C(C)(C)c2ccc(OC(=O)OC(C)(C)C3CCC(C)C(C)C3)cc2)cc1. The smallest absolute Gasteiger partial charge is 0.437 e. The Kier molecular flexibility index (Phi) is 8.14. The second kappa shape index (κ2) is 10.7. The van der Waals surface area contributed by atoms with E-state index in [0.29, 0.717) is 29.3 Å². The van der Waals surface area contributed by atoms with E-state index in [4.69, 9.17) is 14.2 Å². The summed E-state index contributed by atoms with van der Waals surface area (Å²) in [5, 5.41) is 0. The molecule has 0 radical (unpaired) electrons. The van der Waals surface area contributed by atoms with Crippen molar-refractivity contribution in [1.29, 1.82) is 0 Å². The number of hydrogen-bond donors (Lipinski definition) is 0. The minimum Gasteiger partial charge on any atom is -0.437 e. The summed E-state index contributed by atoms with van der Waals surface area (Å²) in [7, 11) is 1.27. The van der Waals surface area contributed by atoms with E-state index in [0.717, 1.165) is 30.4 Å². The van der Waals surface area contributed by atoms with Gasteiger partial charge in [-0.15, -0.1) is 0 Å². The molecular weight excluding hydrogens is 444 g/mol. The number of carbonyl (C=O) groups excluding carboxylic acids is 2. The highest BCUT2D eigenvalue weighted by Crippen LogP contribution is 2.40. The molecular formula is C29H38O6. The lowest BCUT2D eigenvalue weighted by molar-refractivity contribution is -0.0488. The summed E-state index contributed by atoms with van der Waals surface area (Å²) in [6.45, 7) is 12.7. The Morgan fingerprint density at radius 1 is 0.743 bits per heavy atom. The molecule has 2 aromatic carbocycles. The van der Waals surface area contributed by atoms with Crippen LogP contribution in [0.1, 0.15) is 71.9 Å². The van der Waals surface area contributed by atoms with Crippen LogP contribution < -0.4 is 9.47 Å². The Balaban J connectivity index is 1.61. The van der Waals surface area contributed by atoms with Crippen LogP contribution in [0.2, 0.25) is 0 Å². The first-order valence-corrected chi connectivity index (χ1v) is 12.3. The van der Waals surface area contributed by atoms with Gasteiger partial charge < -0.3 is 18.9 Å². The Hall–Kier alpha value is -3.02. The Bertz CT molecular complexity index is 1010. The average molecular weight is 483 g/mol. The zero-order valence-corrected chi connectivity index (χ0v) is 21.9. The van der Waals surface area contributed by atoms with E-state index in [-0.39, 0.29) is 5.41 Å². The van der Waals surface area contributed by atoms with Gasteiger partial charge in [-0.25, -0.2) is 9.59 Å². The number of rotatable bonds is 6. The average Bonchev–Trinajstić information content (AvgIpc) is 2.81. The standard InChI is InChI=1S/C29H38O6/c1-19-8-9-23(18-20(19)2)29(5,6)35-27(31)34-25-16-12-22(13-17-25)28(3,4)21-10-14-24(15-11-21)33-26(30)32-7/h10-17,19-20,23H,8-9,18H2,1-7H3. The van der Waals surface area contributed by atoms with Gasteiger partial charge in [-0.05, 0) is 79.8 Å². The summed E-state index contributed by atoms with van der Waals surface area (Å²) in [4.78, 5) is 23.8. The van der Waals surface area contributed by atoms with Gasteiger partial charge in [0.25, 0.3) is 0 Å². The quantitative estimate of drug-likeness (QED) is 0.313. The van der Waals surface area contributed by atoms with Crippen molar-refractivity contribution >= 4 is 12.3 Å². The fourth-order valence-corrected chi connectivity index (χ4v) is 4.78. The Labute approximate surface area is 208 Å². The number of hydrogen-bond acceptors (Lipinski definition) is 6. The molecule has 6 nitrogen and oxygen atoms in total. The lowest BCUT2D eigenvalue weighted by Gasteiger charge is -2.40. The molecule has 3 atom stereocenters. The second-order valence-corrected chi connectivity index (χ2v) is 10.8. The summed E-state index contributed by atoms with van der Waals surface area (Å²) >= 11 is 0. The molecule has 0 aromatic heterocycles. The molecule has 6 heteroatoms. The fourth-order valence-electron chi connectivity index (χ4n) is 4.78. The molecule has 3 rings (SSSR count). The van der Waals surface area contributed by atoms with E-state index in [1.807, 2.05) is 38.1 Å². The molecule has 1 aliphatic carbocycles. The fraction of sp³-hybridized carbons (Fsp3) is 0.517. The minimum atomic E-state index is -0.752. The van der Waals surface area contributed by atoms with Crippen molar-refractivity contribution in [1.82, 2.24) is 0 Å². The Morgan fingerprint density at radius 3 is 1.69 bits per heavy atom. The highest BCUT2D eigenvalue weighted by Gasteiger charge is 2.38. The lowest BCUT2D eigenvalue weighted by atomic mass is 9.70. The number of ether oxygens (including phenoxy) is 4. The third kappa shape index (κ3) is 6.56. The van der Waals surface area contributed by atoms with Crippen molar-refractivity contribution in [2.75, 3.05) is 7.11 Å². The number of carbonyl (C=O) groups is 2. The molecule has 1 aliphatic rings. The number of benzene rings is 2. The minimum absolute atomic E-state index is 0.320. The van der Waals surface area contributed by atoms with Crippen molar-refractivity contribution in [3.05, 3.63) is 59.7 Å². The van der Waals surface area contributed by atoms with Gasteiger partial charge in [-0.3, -0.25) is 0 Å². The van der Waals surface area contributed by atoms with Gasteiger partial charge in [-0.2, -0.15) is 0 Å². The van der Waals surface area contributed by atoms with Crippen LogP contribution in [0.15, 0.2) is 48.5 Å². The zero-order chi connectivity index (χ0) is 25.8. The van der Waals surface area contributed by atoms with Crippen LogP contribution in [-0.4, -0.2) is 25.0 Å². The highest BCUT2D eigenvalue weighted by molar-refractivity contribution is 5.65. The topological polar surface area (TPSA) is 71.1 Å². The molecule has 0 saturated heterocycles. The lowest BCUT2D eigenvalue weighted by Crippen LogP contribution is -2.41. The van der Waals surface area contributed by atoms with Crippen molar-refractivity contribution < 1.29 is 28.5 Å². The van der Waals surface area contributed by atoms with Gasteiger partial charge in [0.15, 0.2) is 0 Å². The summed E-state index contributed by atoms with van der Waals surface area (Å²) in [6.07, 6.45) is 1.85. The molecule has 1 saturated carbocycles. The first-order valence-electron chi connectivity index (χ1n) is 12.3. The Morgan fingerprint density at radius 2 is 1.23 bits per heavy atom. The second-order valence-electron chi connectivity index (χ2n) is 10.8. The van der Waals surface area contributed by atoms with Crippen molar-refractivity contribution in [2.45, 2.75) is 71.8 Å². The first-order chi connectivity index (χ1) is 16.4. The van der Waals surface area contributed by atoms with E-state index >= 15 is 0 Å². The van der Waals surface area contributed by atoms with Gasteiger partial charge in [0.2, 0.25) is 0 Å². The monoisotopic (exact) mass is 482 g/mol. The van der Waals surface area contributed by atoms with Crippen molar-refractivity contribution in [3.8, 4) is 11.5 Å². The molecule has 0 N–H and O–H groups in total. The van der Waals surface area contributed by atoms with E-state index in [9.17, 15) is 9.59 Å². The largest absolute Gasteiger partial charge is 0.514 e. The maximum Gasteiger partial charge on any atom is 0.514 e. The molecule has 35 heavy (non-hydrogen) atoms.